The molecule has 0 aromatic heterocycles. The van der Waals surface area contributed by atoms with E-state index in [1.165, 1.54) is 11.1 Å². The van der Waals surface area contributed by atoms with Gasteiger partial charge in [0.25, 0.3) is 0 Å². The van der Waals surface area contributed by atoms with Gasteiger partial charge in [-0.15, -0.1) is 0 Å². The van der Waals surface area contributed by atoms with E-state index >= 15 is 0 Å². The number of aliphatic carboxylic acids is 1. The molecule has 1 aliphatic heterocycles. The molecule has 0 radical (unpaired) electrons. The lowest BCUT2D eigenvalue weighted by atomic mass is 9.89. The summed E-state index contributed by atoms with van der Waals surface area (Å²) in [4.78, 5) is 13.9. The average molecular weight is 289 g/mol. The van der Waals surface area contributed by atoms with Gasteiger partial charge in [-0.1, -0.05) is 51.5 Å². The molecule has 0 fully saturated rings. The second-order valence-corrected chi connectivity index (χ2v) is 6.31. The van der Waals surface area contributed by atoms with Gasteiger partial charge in [-0.2, -0.15) is 0 Å². The SMILES string of the molecule is CCC(C)CC(CC)N1Cc2ccccc2CC1C(=O)O. The molecule has 116 valence electrons. The summed E-state index contributed by atoms with van der Waals surface area (Å²) in [7, 11) is 0. The van der Waals surface area contributed by atoms with E-state index in [1.54, 1.807) is 0 Å². The molecule has 0 amide bonds. The number of carbonyl (C=O) groups is 1. The van der Waals surface area contributed by atoms with E-state index in [9.17, 15) is 9.90 Å². The maximum Gasteiger partial charge on any atom is 0.321 e. The monoisotopic (exact) mass is 289 g/mol. The molecule has 1 aromatic carbocycles. The Bertz CT molecular complexity index is 486. The first-order valence-corrected chi connectivity index (χ1v) is 8.12. The summed E-state index contributed by atoms with van der Waals surface area (Å²) in [6.07, 6.45) is 3.87. The molecule has 0 bridgehead atoms. The first-order chi connectivity index (χ1) is 10.1. The lowest BCUT2D eigenvalue weighted by molar-refractivity contribution is -0.145. The number of carboxylic acids is 1. The van der Waals surface area contributed by atoms with Crippen molar-refractivity contribution in [3.63, 3.8) is 0 Å². The van der Waals surface area contributed by atoms with Gasteiger partial charge in [0.05, 0.1) is 0 Å². The van der Waals surface area contributed by atoms with Gasteiger partial charge in [-0.3, -0.25) is 9.69 Å². The Morgan fingerprint density at radius 3 is 2.52 bits per heavy atom. The summed E-state index contributed by atoms with van der Waals surface area (Å²) in [5.74, 6) is -0.0475. The van der Waals surface area contributed by atoms with Gasteiger partial charge in [0.2, 0.25) is 0 Å². The summed E-state index contributed by atoms with van der Waals surface area (Å²) in [5.41, 5.74) is 2.48. The van der Waals surface area contributed by atoms with Gasteiger partial charge >= 0.3 is 5.97 Å². The van der Waals surface area contributed by atoms with E-state index in [1.807, 2.05) is 12.1 Å². The minimum atomic E-state index is -0.688. The van der Waals surface area contributed by atoms with E-state index in [0.29, 0.717) is 18.4 Å². The third-order valence-electron chi connectivity index (χ3n) is 4.88. The van der Waals surface area contributed by atoms with Crippen LogP contribution in [0.4, 0.5) is 0 Å². The van der Waals surface area contributed by atoms with Crippen molar-refractivity contribution >= 4 is 5.97 Å². The fourth-order valence-corrected chi connectivity index (χ4v) is 3.32. The van der Waals surface area contributed by atoms with Crippen LogP contribution in [0.3, 0.4) is 0 Å². The molecule has 0 spiro atoms. The second kappa shape index (κ2) is 7.08. The van der Waals surface area contributed by atoms with Crippen molar-refractivity contribution in [2.24, 2.45) is 5.92 Å². The fourth-order valence-electron chi connectivity index (χ4n) is 3.32. The molecule has 21 heavy (non-hydrogen) atoms. The van der Waals surface area contributed by atoms with Gasteiger partial charge in [-0.25, -0.2) is 0 Å². The lowest BCUT2D eigenvalue weighted by Crippen LogP contribution is -2.50. The molecule has 0 saturated carbocycles. The molecule has 1 aromatic rings. The highest BCUT2D eigenvalue weighted by atomic mass is 16.4. The topological polar surface area (TPSA) is 40.5 Å². The number of rotatable bonds is 6. The highest BCUT2D eigenvalue weighted by Crippen LogP contribution is 2.29. The molecule has 0 saturated heterocycles. The zero-order valence-electron chi connectivity index (χ0n) is 13.4. The van der Waals surface area contributed by atoms with Gasteiger partial charge in [0.1, 0.15) is 6.04 Å². The summed E-state index contributed by atoms with van der Waals surface area (Å²) < 4.78 is 0. The van der Waals surface area contributed by atoms with Crippen molar-refractivity contribution in [3.05, 3.63) is 35.4 Å². The Balaban J connectivity index is 2.24. The molecule has 3 nitrogen and oxygen atoms in total. The van der Waals surface area contributed by atoms with Gasteiger partial charge < -0.3 is 5.11 Å². The highest BCUT2D eigenvalue weighted by Gasteiger charge is 2.35. The second-order valence-electron chi connectivity index (χ2n) is 6.31. The Hall–Kier alpha value is -1.35. The smallest absolute Gasteiger partial charge is 0.321 e. The number of benzene rings is 1. The van der Waals surface area contributed by atoms with Gasteiger partial charge in [-0.05, 0) is 36.3 Å². The summed E-state index contributed by atoms with van der Waals surface area (Å²) in [6, 6.07) is 8.23. The van der Waals surface area contributed by atoms with E-state index in [0.717, 1.165) is 25.8 Å². The van der Waals surface area contributed by atoms with E-state index < -0.39 is 5.97 Å². The molecule has 3 unspecified atom stereocenters. The lowest BCUT2D eigenvalue weighted by Gasteiger charge is -2.40. The zero-order chi connectivity index (χ0) is 15.4. The Morgan fingerprint density at radius 2 is 1.95 bits per heavy atom. The number of fused-ring (bicyclic) bond motifs is 1. The minimum absolute atomic E-state index is 0.356. The first kappa shape index (κ1) is 16.0. The highest BCUT2D eigenvalue weighted by molar-refractivity contribution is 5.74. The van der Waals surface area contributed by atoms with Crippen LogP contribution >= 0.6 is 0 Å². The molecule has 1 N–H and O–H groups in total. The minimum Gasteiger partial charge on any atom is -0.480 e. The molecule has 0 aliphatic carbocycles. The molecule has 3 heteroatoms. The van der Waals surface area contributed by atoms with Crippen LogP contribution in [-0.4, -0.2) is 28.1 Å². The Kier molecular flexibility index (Phi) is 5.40. The van der Waals surface area contributed by atoms with Crippen molar-refractivity contribution in [2.45, 2.75) is 65.1 Å². The van der Waals surface area contributed by atoms with Crippen LogP contribution in [0.1, 0.15) is 51.2 Å². The first-order valence-electron chi connectivity index (χ1n) is 8.12. The molecular formula is C18H27NO2. The number of carboxylic acid groups (broad SMARTS) is 1. The number of nitrogens with zero attached hydrogens (tertiary/aromatic N) is 1. The Labute approximate surface area is 128 Å². The normalized spacial score (nSPS) is 21.6. The summed E-state index contributed by atoms with van der Waals surface area (Å²) in [5, 5.41) is 9.63. The van der Waals surface area contributed by atoms with Crippen molar-refractivity contribution < 1.29 is 9.90 Å². The maximum absolute atomic E-state index is 11.7. The summed E-state index contributed by atoms with van der Waals surface area (Å²) >= 11 is 0. The molecule has 2 rings (SSSR count). The molecule has 1 aliphatic rings. The van der Waals surface area contributed by atoms with Crippen LogP contribution in [0.15, 0.2) is 24.3 Å². The number of hydrogen-bond acceptors (Lipinski definition) is 2. The maximum atomic E-state index is 11.7. The quantitative estimate of drug-likeness (QED) is 0.868. The standard InChI is InChI=1S/C18H27NO2/c1-4-13(3)10-16(5-2)19-12-15-9-7-6-8-14(15)11-17(19)18(20)21/h6-9,13,16-17H,4-5,10-12H2,1-3H3,(H,20,21). The number of hydrogen-bond donors (Lipinski definition) is 1. The molecular weight excluding hydrogens is 262 g/mol. The summed E-state index contributed by atoms with van der Waals surface area (Å²) in [6.45, 7) is 7.41. The molecule has 1 heterocycles. The Morgan fingerprint density at radius 1 is 1.29 bits per heavy atom. The van der Waals surface area contributed by atoms with Crippen LogP contribution in [0.25, 0.3) is 0 Å². The van der Waals surface area contributed by atoms with E-state index in [-0.39, 0.29) is 6.04 Å². The predicted octanol–water partition coefficient (Wildman–Crippen LogP) is 3.71. The van der Waals surface area contributed by atoms with Crippen LogP contribution < -0.4 is 0 Å². The van der Waals surface area contributed by atoms with Crippen LogP contribution in [0.2, 0.25) is 0 Å². The van der Waals surface area contributed by atoms with Crippen LogP contribution in [0.5, 0.6) is 0 Å². The van der Waals surface area contributed by atoms with Crippen molar-refractivity contribution in [1.82, 2.24) is 4.90 Å². The predicted molar refractivity (Wildman–Crippen MR) is 85.3 cm³/mol. The largest absolute Gasteiger partial charge is 0.480 e. The van der Waals surface area contributed by atoms with E-state index in [2.05, 4.69) is 37.8 Å². The van der Waals surface area contributed by atoms with E-state index in [4.69, 9.17) is 0 Å². The van der Waals surface area contributed by atoms with Crippen molar-refractivity contribution in [3.8, 4) is 0 Å². The van der Waals surface area contributed by atoms with Crippen LogP contribution in [-0.2, 0) is 17.8 Å². The average Bonchev–Trinajstić information content (AvgIpc) is 2.50. The third kappa shape index (κ3) is 3.65. The molecule has 3 atom stereocenters. The van der Waals surface area contributed by atoms with Gasteiger partial charge in [0, 0.05) is 12.6 Å². The fraction of sp³-hybridized carbons (Fsp3) is 0.611. The van der Waals surface area contributed by atoms with Crippen LogP contribution in [0, 0.1) is 5.92 Å². The van der Waals surface area contributed by atoms with Crippen molar-refractivity contribution in [1.29, 1.82) is 0 Å². The van der Waals surface area contributed by atoms with Crippen molar-refractivity contribution in [2.75, 3.05) is 0 Å². The zero-order valence-corrected chi connectivity index (χ0v) is 13.4. The van der Waals surface area contributed by atoms with Gasteiger partial charge in [0.15, 0.2) is 0 Å². The third-order valence-corrected chi connectivity index (χ3v) is 4.88.